The Balaban J connectivity index is 2.25. The van der Waals surface area contributed by atoms with Crippen LogP contribution >= 0.6 is 0 Å². The second kappa shape index (κ2) is 3.83. The Bertz CT molecular complexity index is 447. The molecular formula is C10H9F3N2O2. The number of nitrogens with zero attached hydrogens (tertiary/aromatic N) is 1. The Morgan fingerprint density at radius 3 is 2.53 bits per heavy atom. The molecule has 2 N–H and O–H groups in total. The highest BCUT2D eigenvalue weighted by Gasteiger charge is 2.49. The van der Waals surface area contributed by atoms with Gasteiger partial charge in [-0.25, -0.2) is 4.79 Å². The van der Waals surface area contributed by atoms with Crippen LogP contribution in [0.25, 0.3) is 0 Å². The van der Waals surface area contributed by atoms with Gasteiger partial charge in [0.25, 0.3) is 0 Å². The molecule has 1 heterocycles. The zero-order valence-electron chi connectivity index (χ0n) is 8.57. The number of nitrogen functional groups attached to an aromatic ring is 1. The van der Waals surface area contributed by atoms with Crippen molar-refractivity contribution in [3.05, 3.63) is 24.3 Å². The van der Waals surface area contributed by atoms with Crippen LogP contribution in [0.2, 0.25) is 0 Å². The third-order valence-electron chi connectivity index (χ3n) is 2.40. The van der Waals surface area contributed by atoms with Crippen molar-refractivity contribution < 1.29 is 22.7 Å². The molecule has 1 aromatic rings. The molecule has 0 spiro atoms. The maximum atomic E-state index is 12.4. The van der Waals surface area contributed by atoms with E-state index in [0.717, 1.165) is 4.90 Å². The number of cyclic esters (lactones) is 1. The zero-order valence-corrected chi connectivity index (χ0v) is 8.57. The lowest BCUT2D eigenvalue weighted by Crippen LogP contribution is -2.33. The summed E-state index contributed by atoms with van der Waals surface area (Å²) < 4.78 is 41.4. The van der Waals surface area contributed by atoms with E-state index < -0.39 is 24.9 Å². The van der Waals surface area contributed by atoms with Crippen molar-refractivity contribution in [1.29, 1.82) is 0 Å². The summed E-state index contributed by atoms with van der Waals surface area (Å²) in [4.78, 5) is 12.2. The fourth-order valence-electron chi connectivity index (χ4n) is 1.56. The minimum atomic E-state index is -4.56. The summed E-state index contributed by atoms with van der Waals surface area (Å²) in [5.41, 5.74) is 6.04. The first-order valence-corrected chi connectivity index (χ1v) is 4.79. The molecule has 0 aliphatic carbocycles. The molecule has 1 aliphatic rings. The molecule has 1 unspecified atom stereocenters. The third kappa shape index (κ3) is 2.13. The first-order valence-electron chi connectivity index (χ1n) is 4.79. The van der Waals surface area contributed by atoms with Crippen LogP contribution in [0.15, 0.2) is 24.3 Å². The maximum absolute atomic E-state index is 12.4. The summed E-state index contributed by atoms with van der Waals surface area (Å²) in [6.07, 6.45) is -7.70. The molecule has 4 nitrogen and oxygen atoms in total. The summed E-state index contributed by atoms with van der Waals surface area (Å²) in [5, 5.41) is 0. The normalized spacial score (nSPS) is 20.5. The number of carbonyl (C=O) groups is 1. The molecule has 1 atom stereocenters. The summed E-state index contributed by atoms with van der Waals surface area (Å²) in [5.74, 6) is 0. The van der Waals surface area contributed by atoms with Gasteiger partial charge >= 0.3 is 12.3 Å². The summed E-state index contributed by atoms with van der Waals surface area (Å²) >= 11 is 0. The lowest BCUT2D eigenvalue weighted by Gasteiger charge is -2.15. The number of ether oxygens (including phenoxy) is 1. The first-order chi connectivity index (χ1) is 7.89. The molecular weight excluding hydrogens is 237 g/mol. The second-order valence-corrected chi connectivity index (χ2v) is 3.58. The van der Waals surface area contributed by atoms with Gasteiger partial charge < -0.3 is 10.5 Å². The van der Waals surface area contributed by atoms with Gasteiger partial charge in [-0.15, -0.1) is 0 Å². The number of hydrogen-bond donors (Lipinski definition) is 1. The number of carbonyl (C=O) groups excluding carboxylic acids is 1. The average Bonchev–Trinajstić information content (AvgIpc) is 2.61. The number of rotatable bonds is 1. The Kier molecular flexibility index (Phi) is 2.60. The van der Waals surface area contributed by atoms with Crippen molar-refractivity contribution in [3.63, 3.8) is 0 Å². The second-order valence-electron chi connectivity index (χ2n) is 3.58. The smallest absolute Gasteiger partial charge is 0.427 e. The number of benzene rings is 1. The average molecular weight is 246 g/mol. The Morgan fingerprint density at radius 2 is 2.00 bits per heavy atom. The Labute approximate surface area is 94.8 Å². The molecule has 0 aromatic heterocycles. The molecule has 92 valence electrons. The number of hydrogen-bond acceptors (Lipinski definition) is 3. The molecule has 1 aliphatic heterocycles. The number of para-hydroxylation sites is 2. The molecule has 0 bridgehead atoms. The van der Waals surface area contributed by atoms with Gasteiger partial charge in [-0.1, -0.05) is 12.1 Å². The molecule has 0 radical (unpaired) electrons. The van der Waals surface area contributed by atoms with Gasteiger partial charge in [0.05, 0.1) is 17.9 Å². The van der Waals surface area contributed by atoms with Crippen LogP contribution in [0.5, 0.6) is 0 Å². The minimum absolute atomic E-state index is 0.226. The van der Waals surface area contributed by atoms with Crippen molar-refractivity contribution in [2.45, 2.75) is 12.3 Å². The summed E-state index contributed by atoms with van der Waals surface area (Å²) in [6, 6.07) is 6.18. The monoisotopic (exact) mass is 246 g/mol. The Morgan fingerprint density at radius 1 is 1.35 bits per heavy atom. The molecule has 1 aromatic carbocycles. The molecule has 1 saturated heterocycles. The highest BCUT2D eigenvalue weighted by atomic mass is 19.4. The van der Waals surface area contributed by atoms with Crippen LogP contribution in [0.1, 0.15) is 0 Å². The number of nitrogens with two attached hydrogens (primary N) is 1. The van der Waals surface area contributed by atoms with Gasteiger partial charge in [0.15, 0.2) is 0 Å². The summed E-state index contributed by atoms with van der Waals surface area (Å²) in [7, 11) is 0. The molecule has 1 fully saturated rings. The standard InChI is InChI=1S/C10H9F3N2O2/c11-10(12,13)8-5-15(9(16)17-8)7-4-2-1-3-6(7)14/h1-4,8H,5,14H2. The van der Waals surface area contributed by atoms with Crippen LogP contribution in [0.4, 0.5) is 29.3 Å². The fraction of sp³-hybridized carbons (Fsp3) is 0.300. The number of anilines is 2. The minimum Gasteiger partial charge on any atom is -0.434 e. The van der Waals surface area contributed by atoms with E-state index in [0.29, 0.717) is 0 Å². The van der Waals surface area contributed by atoms with Crippen LogP contribution in [-0.4, -0.2) is 24.9 Å². The highest BCUT2D eigenvalue weighted by molar-refractivity contribution is 5.93. The highest BCUT2D eigenvalue weighted by Crippen LogP contribution is 2.33. The topological polar surface area (TPSA) is 55.6 Å². The van der Waals surface area contributed by atoms with Crippen molar-refractivity contribution in [1.82, 2.24) is 0 Å². The van der Waals surface area contributed by atoms with Crippen LogP contribution in [0.3, 0.4) is 0 Å². The number of halogens is 3. The molecule has 1 amide bonds. The van der Waals surface area contributed by atoms with E-state index in [2.05, 4.69) is 4.74 Å². The van der Waals surface area contributed by atoms with E-state index in [-0.39, 0.29) is 11.4 Å². The van der Waals surface area contributed by atoms with Gasteiger partial charge in [-0.2, -0.15) is 13.2 Å². The van der Waals surface area contributed by atoms with Gasteiger partial charge in [-0.05, 0) is 12.1 Å². The third-order valence-corrected chi connectivity index (χ3v) is 2.40. The largest absolute Gasteiger partial charge is 0.434 e. The molecule has 2 rings (SSSR count). The molecule has 17 heavy (non-hydrogen) atoms. The number of amides is 1. The lowest BCUT2D eigenvalue weighted by atomic mass is 10.2. The lowest BCUT2D eigenvalue weighted by molar-refractivity contribution is -0.191. The van der Waals surface area contributed by atoms with Gasteiger partial charge in [-0.3, -0.25) is 4.90 Å². The molecule has 0 saturated carbocycles. The van der Waals surface area contributed by atoms with E-state index in [4.69, 9.17) is 5.73 Å². The van der Waals surface area contributed by atoms with E-state index in [9.17, 15) is 18.0 Å². The Hall–Kier alpha value is -1.92. The van der Waals surface area contributed by atoms with Crippen molar-refractivity contribution in [3.8, 4) is 0 Å². The number of alkyl halides is 3. The first kappa shape index (κ1) is 11.6. The van der Waals surface area contributed by atoms with E-state index in [1.54, 1.807) is 12.1 Å². The molecule has 7 heteroatoms. The van der Waals surface area contributed by atoms with E-state index >= 15 is 0 Å². The fourth-order valence-corrected chi connectivity index (χ4v) is 1.56. The van der Waals surface area contributed by atoms with Crippen LogP contribution in [0, 0.1) is 0 Å². The summed E-state index contributed by atoms with van der Waals surface area (Å²) in [6.45, 7) is -0.573. The van der Waals surface area contributed by atoms with Gasteiger partial charge in [0, 0.05) is 0 Å². The van der Waals surface area contributed by atoms with Crippen LogP contribution in [-0.2, 0) is 4.74 Å². The van der Waals surface area contributed by atoms with E-state index in [1.807, 2.05) is 0 Å². The predicted octanol–water partition coefficient (Wildman–Crippen LogP) is 2.16. The SMILES string of the molecule is Nc1ccccc1N1CC(C(F)(F)F)OC1=O. The predicted molar refractivity (Wildman–Crippen MR) is 54.5 cm³/mol. The van der Waals surface area contributed by atoms with Gasteiger partial charge in [0.1, 0.15) is 0 Å². The van der Waals surface area contributed by atoms with Crippen molar-refractivity contribution in [2.75, 3.05) is 17.2 Å². The van der Waals surface area contributed by atoms with Crippen LogP contribution < -0.4 is 10.6 Å². The van der Waals surface area contributed by atoms with Gasteiger partial charge in [0.2, 0.25) is 6.10 Å². The van der Waals surface area contributed by atoms with Crippen molar-refractivity contribution >= 4 is 17.5 Å². The van der Waals surface area contributed by atoms with E-state index in [1.165, 1.54) is 12.1 Å². The van der Waals surface area contributed by atoms with Crippen molar-refractivity contribution in [2.24, 2.45) is 0 Å². The quantitative estimate of drug-likeness (QED) is 0.772. The zero-order chi connectivity index (χ0) is 12.6. The maximum Gasteiger partial charge on any atom is 0.427 e.